The maximum atomic E-state index is 12.8. The second-order valence-electron chi connectivity index (χ2n) is 8.60. The van der Waals surface area contributed by atoms with Crippen molar-refractivity contribution in [1.29, 1.82) is 0 Å². The Morgan fingerprint density at radius 1 is 0.971 bits per heavy atom. The number of hydrogen-bond acceptors (Lipinski definition) is 5. The summed E-state index contributed by atoms with van der Waals surface area (Å²) in [7, 11) is 0. The van der Waals surface area contributed by atoms with Gasteiger partial charge in [0.05, 0.1) is 11.4 Å². The zero-order chi connectivity index (χ0) is 23.5. The number of nitrogens with one attached hydrogen (secondary N) is 2. The average Bonchev–Trinajstić information content (AvgIpc) is 3.24. The molecule has 0 radical (unpaired) electrons. The molecule has 0 saturated carbocycles. The first-order chi connectivity index (χ1) is 16.5. The third-order valence-electron chi connectivity index (χ3n) is 5.69. The van der Waals surface area contributed by atoms with Crippen LogP contribution in [0.4, 0.5) is 16.3 Å². The number of nitrogens with zero attached hydrogens (tertiary/aromatic N) is 3. The van der Waals surface area contributed by atoms with Crippen molar-refractivity contribution >= 4 is 29.3 Å². The highest BCUT2D eigenvalue weighted by Crippen LogP contribution is 2.41. The maximum absolute atomic E-state index is 12.8. The molecule has 7 nitrogen and oxygen atoms in total. The van der Waals surface area contributed by atoms with E-state index in [4.69, 9.17) is 9.84 Å². The summed E-state index contributed by atoms with van der Waals surface area (Å²) in [6, 6.07) is 20.5. The van der Waals surface area contributed by atoms with Crippen LogP contribution in [0.3, 0.4) is 0 Å². The van der Waals surface area contributed by atoms with Crippen LogP contribution in [0.1, 0.15) is 18.2 Å². The quantitative estimate of drug-likeness (QED) is 0.360. The van der Waals surface area contributed by atoms with Gasteiger partial charge in [-0.3, -0.25) is 10.3 Å². The Kier molecular flexibility index (Phi) is 5.98. The van der Waals surface area contributed by atoms with Crippen LogP contribution in [0.5, 0.6) is 11.5 Å². The number of benzene rings is 2. The topological polar surface area (TPSA) is 81.1 Å². The van der Waals surface area contributed by atoms with Crippen molar-refractivity contribution in [3.8, 4) is 17.2 Å². The lowest BCUT2D eigenvalue weighted by atomic mass is 9.91. The lowest BCUT2D eigenvalue weighted by molar-refractivity contribution is 0.262. The van der Waals surface area contributed by atoms with Crippen molar-refractivity contribution in [2.45, 2.75) is 19.3 Å². The summed E-state index contributed by atoms with van der Waals surface area (Å²) in [5, 5.41) is 10.7. The molecule has 0 bridgehead atoms. The highest BCUT2D eigenvalue weighted by Gasteiger charge is 2.37. The average molecular weight is 472 g/mol. The fraction of sp³-hybridized carbons (Fsp3) is 0.192. The number of carbonyl (C=O) groups is 1. The Balaban J connectivity index is 1.31. The molecular weight excluding hydrogens is 446 g/mol. The molecule has 0 spiro atoms. The fourth-order valence-electron chi connectivity index (χ4n) is 3.63. The van der Waals surface area contributed by atoms with Crippen LogP contribution in [0.25, 0.3) is 5.69 Å². The van der Waals surface area contributed by atoms with Crippen molar-refractivity contribution in [1.82, 2.24) is 14.8 Å². The summed E-state index contributed by atoms with van der Waals surface area (Å²) in [6.07, 6.45) is 3.35. The molecule has 0 unspecified atom stereocenters. The van der Waals surface area contributed by atoms with Crippen LogP contribution in [-0.4, -0.2) is 32.3 Å². The van der Waals surface area contributed by atoms with E-state index in [1.165, 1.54) is 5.56 Å². The summed E-state index contributed by atoms with van der Waals surface area (Å²) in [6.45, 7) is 4.26. The third-order valence-corrected chi connectivity index (χ3v) is 7.37. The smallest absolute Gasteiger partial charge is 0.324 e. The van der Waals surface area contributed by atoms with Crippen LogP contribution >= 0.6 is 11.8 Å². The van der Waals surface area contributed by atoms with E-state index in [0.717, 1.165) is 22.9 Å². The minimum Gasteiger partial charge on any atom is -0.457 e. The molecule has 2 aromatic carbocycles. The second kappa shape index (κ2) is 9.23. The molecule has 1 saturated heterocycles. The van der Waals surface area contributed by atoms with Gasteiger partial charge in [0, 0.05) is 41.1 Å². The van der Waals surface area contributed by atoms with E-state index in [2.05, 4.69) is 22.5 Å². The van der Waals surface area contributed by atoms with Crippen LogP contribution in [-0.2, 0) is 5.41 Å². The summed E-state index contributed by atoms with van der Waals surface area (Å²) in [5.74, 6) is 4.06. The molecule has 1 fully saturated rings. The van der Waals surface area contributed by atoms with Gasteiger partial charge in [0.15, 0.2) is 0 Å². The minimum absolute atomic E-state index is 0.0260. The van der Waals surface area contributed by atoms with Crippen molar-refractivity contribution in [2.75, 3.05) is 22.1 Å². The number of amides is 2. The van der Waals surface area contributed by atoms with Gasteiger partial charge in [-0.1, -0.05) is 24.6 Å². The highest BCUT2D eigenvalue weighted by atomic mass is 32.2. The summed E-state index contributed by atoms with van der Waals surface area (Å²) in [5.41, 5.74) is 3.74. The van der Waals surface area contributed by atoms with Gasteiger partial charge < -0.3 is 10.1 Å². The first-order valence-electron chi connectivity index (χ1n) is 11.0. The van der Waals surface area contributed by atoms with E-state index in [0.29, 0.717) is 23.0 Å². The molecule has 1 aliphatic heterocycles. The molecule has 0 aliphatic carbocycles. The van der Waals surface area contributed by atoms with Crippen molar-refractivity contribution in [3.63, 3.8) is 0 Å². The van der Waals surface area contributed by atoms with Gasteiger partial charge in [-0.15, -0.1) is 0 Å². The SMILES string of the molecule is Cc1ccc(-n2nc(C3(C)CSC3)cc2NC(=O)Nc2ccc(Oc3ccncc3)cc2)cc1. The van der Waals surface area contributed by atoms with Gasteiger partial charge in [-0.25, -0.2) is 9.48 Å². The Morgan fingerprint density at radius 3 is 2.29 bits per heavy atom. The molecule has 172 valence electrons. The number of aryl methyl sites for hydroxylation is 1. The van der Waals surface area contributed by atoms with E-state index in [9.17, 15) is 4.79 Å². The normalized spacial score (nSPS) is 14.2. The third kappa shape index (κ3) is 4.77. The molecule has 2 aromatic heterocycles. The lowest BCUT2D eigenvalue weighted by Gasteiger charge is -2.35. The molecule has 8 heteroatoms. The molecule has 3 heterocycles. The fourth-order valence-corrected chi connectivity index (χ4v) is 4.74. The molecular formula is C26H25N5O2S. The number of aromatic nitrogens is 3. The van der Waals surface area contributed by atoms with Crippen molar-refractivity contribution in [3.05, 3.63) is 90.4 Å². The summed E-state index contributed by atoms with van der Waals surface area (Å²) in [4.78, 5) is 16.8. The number of ether oxygens (including phenoxy) is 1. The van der Waals surface area contributed by atoms with Gasteiger partial charge in [-0.2, -0.15) is 16.9 Å². The van der Waals surface area contributed by atoms with Gasteiger partial charge in [0.1, 0.15) is 17.3 Å². The van der Waals surface area contributed by atoms with E-state index >= 15 is 0 Å². The molecule has 2 N–H and O–H groups in total. The van der Waals surface area contributed by atoms with Crippen LogP contribution in [0, 0.1) is 6.92 Å². The second-order valence-corrected chi connectivity index (χ2v) is 9.59. The Morgan fingerprint density at radius 2 is 1.65 bits per heavy atom. The van der Waals surface area contributed by atoms with E-state index < -0.39 is 0 Å². The predicted molar refractivity (Wildman–Crippen MR) is 136 cm³/mol. The Hall–Kier alpha value is -3.78. The maximum Gasteiger partial charge on any atom is 0.324 e. The Labute approximate surface area is 202 Å². The molecule has 34 heavy (non-hydrogen) atoms. The van der Waals surface area contributed by atoms with E-state index in [-0.39, 0.29) is 11.4 Å². The largest absolute Gasteiger partial charge is 0.457 e. The van der Waals surface area contributed by atoms with E-state index in [1.807, 2.05) is 49.0 Å². The number of rotatable bonds is 6. The summed E-state index contributed by atoms with van der Waals surface area (Å²) >= 11 is 1.91. The zero-order valence-electron chi connectivity index (χ0n) is 19.0. The van der Waals surface area contributed by atoms with Crippen molar-refractivity contribution in [2.24, 2.45) is 0 Å². The standard InChI is InChI=1S/C26H25N5O2S/c1-18-3-7-20(8-4-18)31-24(15-23(30-31)26(2)16-34-17-26)29-25(32)28-19-5-9-21(10-6-19)33-22-11-13-27-14-12-22/h3-15H,16-17H2,1-2H3,(H2,28,29,32). The van der Waals surface area contributed by atoms with Gasteiger partial charge in [0.25, 0.3) is 0 Å². The summed E-state index contributed by atoms with van der Waals surface area (Å²) < 4.78 is 7.58. The van der Waals surface area contributed by atoms with Gasteiger partial charge >= 0.3 is 6.03 Å². The molecule has 5 rings (SSSR count). The first kappa shape index (κ1) is 22.0. The number of carbonyl (C=O) groups excluding carboxylic acids is 1. The van der Waals surface area contributed by atoms with Crippen molar-refractivity contribution < 1.29 is 9.53 Å². The lowest BCUT2D eigenvalue weighted by Crippen LogP contribution is -2.37. The van der Waals surface area contributed by atoms with Crippen LogP contribution in [0.15, 0.2) is 79.1 Å². The number of urea groups is 1. The zero-order valence-corrected chi connectivity index (χ0v) is 19.8. The van der Waals surface area contributed by atoms with Gasteiger partial charge in [0.2, 0.25) is 0 Å². The number of pyridine rings is 1. The van der Waals surface area contributed by atoms with Crippen LogP contribution in [0.2, 0.25) is 0 Å². The predicted octanol–water partition coefficient (Wildman–Crippen LogP) is 6.02. The van der Waals surface area contributed by atoms with E-state index in [1.54, 1.807) is 53.5 Å². The highest BCUT2D eigenvalue weighted by molar-refractivity contribution is 8.00. The monoisotopic (exact) mass is 471 g/mol. The number of hydrogen-bond donors (Lipinski definition) is 2. The first-order valence-corrected chi connectivity index (χ1v) is 12.2. The van der Waals surface area contributed by atoms with Gasteiger partial charge in [-0.05, 0) is 55.5 Å². The van der Waals surface area contributed by atoms with Crippen LogP contribution < -0.4 is 15.4 Å². The molecule has 4 aromatic rings. The number of anilines is 2. The Bertz CT molecular complexity index is 1280. The molecule has 0 atom stereocenters. The molecule has 2 amide bonds. The molecule has 1 aliphatic rings. The number of thioether (sulfide) groups is 1. The minimum atomic E-state index is -0.337.